The lowest BCUT2D eigenvalue weighted by atomic mass is 10.1. The summed E-state index contributed by atoms with van der Waals surface area (Å²) in [5.41, 5.74) is 11.1. The molecule has 0 bridgehead atoms. The van der Waals surface area contributed by atoms with Gasteiger partial charge in [0.25, 0.3) is 5.91 Å². The second-order valence-corrected chi connectivity index (χ2v) is 6.97. The smallest absolute Gasteiger partial charge is 0.253 e. The van der Waals surface area contributed by atoms with Crippen LogP contribution in [0.25, 0.3) is 22.2 Å². The predicted octanol–water partition coefficient (Wildman–Crippen LogP) is 4.16. The van der Waals surface area contributed by atoms with E-state index >= 15 is 0 Å². The molecule has 0 aliphatic carbocycles. The lowest BCUT2D eigenvalue weighted by molar-refractivity contribution is 0.0793. The molecule has 3 aromatic rings. The Morgan fingerprint density at radius 1 is 1.11 bits per heavy atom. The van der Waals surface area contributed by atoms with Crippen LogP contribution in [0.15, 0.2) is 42.5 Å². The molecule has 1 fully saturated rings. The first-order valence-electron chi connectivity index (χ1n) is 9.49. The van der Waals surface area contributed by atoms with Crippen LogP contribution < -0.4 is 10.5 Å². The molecule has 2 N–H and O–H groups in total. The third-order valence-electron chi connectivity index (χ3n) is 5.42. The van der Waals surface area contributed by atoms with Crippen molar-refractivity contribution in [1.82, 2.24) is 9.47 Å². The summed E-state index contributed by atoms with van der Waals surface area (Å²) in [7, 11) is 1.66. The number of methoxy groups -OCH3 is 1. The number of nitrogens with two attached hydrogens (primary N) is 1. The lowest BCUT2D eigenvalue weighted by Gasteiger charge is -2.15. The molecule has 2 heterocycles. The van der Waals surface area contributed by atoms with Crippen LogP contribution in [0, 0.1) is 0 Å². The van der Waals surface area contributed by atoms with E-state index in [9.17, 15) is 4.79 Å². The number of hydrogen-bond acceptors (Lipinski definition) is 3. The topological polar surface area (TPSA) is 60.5 Å². The molecule has 5 nitrogen and oxygen atoms in total. The average molecular weight is 363 g/mol. The van der Waals surface area contributed by atoms with Crippen molar-refractivity contribution in [3.63, 3.8) is 0 Å². The summed E-state index contributed by atoms with van der Waals surface area (Å²) in [6, 6.07) is 13.8. The first-order valence-corrected chi connectivity index (χ1v) is 9.49. The van der Waals surface area contributed by atoms with Gasteiger partial charge in [0.1, 0.15) is 5.75 Å². The fourth-order valence-electron chi connectivity index (χ4n) is 4.00. The fourth-order valence-corrected chi connectivity index (χ4v) is 4.00. The highest BCUT2D eigenvalue weighted by Crippen LogP contribution is 2.37. The van der Waals surface area contributed by atoms with Gasteiger partial charge in [-0.15, -0.1) is 0 Å². The zero-order valence-electron chi connectivity index (χ0n) is 15.9. The molecule has 0 saturated carbocycles. The van der Waals surface area contributed by atoms with E-state index in [2.05, 4.69) is 11.5 Å². The van der Waals surface area contributed by atoms with Crippen LogP contribution >= 0.6 is 0 Å². The average Bonchev–Trinajstić information content (AvgIpc) is 3.34. The number of carbonyl (C=O) groups is 1. The molecule has 0 spiro atoms. The molecule has 27 heavy (non-hydrogen) atoms. The Kier molecular flexibility index (Phi) is 4.52. The molecule has 2 aromatic carbocycles. The van der Waals surface area contributed by atoms with E-state index in [0.29, 0.717) is 0 Å². The highest BCUT2D eigenvalue weighted by molar-refractivity contribution is 6.02. The van der Waals surface area contributed by atoms with E-state index in [1.54, 1.807) is 7.11 Å². The second kappa shape index (κ2) is 6.99. The van der Waals surface area contributed by atoms with Crippen LogP contribution in [0.2, 0.25) is 0 Å². The molecule has 1 aromatic heterocycles. The standard InChI is InChI=1S/C22H25N3O2/c1-3-25-19-11-10-17(27-2)14-18(19)20(23)21(25)15-6-8-16(9-7-15)22(26)24-12-4-5-13-24/h6-11,14H,3-5,12-13,23H2,1-2H3. The maximum Gasteiger partial charge on any atom is 0.253 e. The molecule has 0 unspecified atom stereocenters. The normalized spacial score (nSPS) is 14.1. The molecular formula is C22H25N3O2. The Balaban J connectivity index is 1.75. The van der Waals surface area contributed by atoms with E-state index < -0.39 is 0 Å². The van der Waals surface area contributed by atoms with E-state index in [4.69, 9.17) is 10.5 Å². The Morgan fingerprint density at radius 2 is 1.81 bits per heavy atom. The molecule has 4 rings (SSSR count). The number of nitrogen functional groups attached to an aromatic ring is 1. The van der Waals surface area contributed by atoms with Crippen molar-refractivity contribution < 1.29 is 9.53 Å². The number of hydrogen-bond donors (Lipinski definition) is 1. The van der Waals surface area contributed by atoms with Gasteiger partial charge in [-0.2, -0.15) is 0 Å². The number of aryl methyl sites for hydroxylation is 1. The zero-order chi connectivity index (χ0) is 19.0. The van der Waals surface area contributed by atoms with Crippen LogP contribution in [0.5, 0.6) is 5.75 Å². The minimum Gasteiger partial charge on any atom is -0.497 e. The number of amides is 1. The fraction of sp³-hybridized carbons (Fsp3) is 0.318. The van der Waals surface area contributed by atoms with Crippen molar-refractivity contribution >= 4 is 22.5 Å². The molecule has 140 valence electrons. The molecule has 1 aliphatic rings. The monoisotopic (exact) mass is 363 g/mol. The predicted molar refractivity (Wildman–Crippen MR) is 109 cm³/mol. The molecule has 5 heteroatoms. The zero-order valence-corrected chi connectivity index (χ0v) is 15.9. The van der Waals surface area contributed by atoms with Crippen LogP contribution in [-0.2, 0) is 6.54 Å². The Bertz CT molecular complexity index is 983. The maximum atomic E-state index is 12.6. The number of carbonyl (C=O) groups excluding carboxylic acids is 1. The first-order chi connectivity index (χ1) is 13.1. The van der Waals surface area contributed by atoms with Gasteiger partial charge < -0.3 is 19.9 Å². The van der Waals surface area contributed by atoms with Crippen molar-refractivity contribution in [1.29, 1.82) is 0 Å². The second-order valence-electron chi connectivity index (χ2n) is 6.97. The van der Waals surface area contributed by atoms with Gasteiger partial charge in [-0.3, -0.25) is 4.79 Å². The summed E-state index contributed by atoms with van der Waals surface area (Å²) in [5.74, 6) is 0.911. The van der Waals surface area contributed by atoms with Gasteiger partial charge in [0.05, 0.1) is 24.0 Å². The van der Waals surface area contributed by atoms with E-state index in [1.165, 1.54) is 0 Å². The number of fused-ring (bicyclic) bond motifs is 1. The molecule has 0 radical (unpaired) electrons. The summed E-state index contributed by atoms with van der Waals surface area (Å²) < 4.78 is 7.56. The van der Waals surface area contributed by atoms with Crippen LogP contribution in [0.4, 0.5) is 5.69 Å². The van der Waals surface area contributed by atoms with Crippen LogP contribution in [0.1, 0.15) is 30.1 Å². The van der Waals surface area contributed by atoms with Crippen molar-refractivity contribution in [3.05, 3.63) is 48.0 Å². The molecular weight excluding hydrogens is 338 g/mol. The lowest BCUT2D eigenvalue weighted by Crippen LogP contribution is -2.27. The largest absolute Gasteiger partial charge is 0.497 e. The van der Waals surface area contributed by atoms with Gasteiger partial charge >= 0.3 is 0 Å². The van der Waals surface area contributed by atoms with Crippen molar-refractivity contribution in [2.75, 3.05) is 25.9 Å². The number of nitrogens with zero attached hydrogens (tertiary/aromatic N) is 2. The van der Waals surface area contributed by atoms with E-state index in [1.807, 2.05) is 47.4 Å². The minimum absolute atomic E-state index is 0.118. The summed E-state index contributed by atoms with van der Waals surface area (Å²) in [6.07, 6.45) is 2.20. The summed E-state index contributed by atoms with van der Waals surface area (Å²) in [6.45, 7) is 4.64. The third kappa shape index (κ3) is 2.93. The first kappa shape index (κ1) is 17.5. The van der Waals surface area contributed by atoms with Gasteiger partial charge in [0.2, 0.25) is 0 Å². The quantitative estimate of drug-likeness (QED) is 0.757. The van der Waals surface area contributed by atoms with Gasteiger partial charge in [-0.05, 0) is 50.1 Å². The molecule has 0 atom stereocenters. The highest BCUT2D eigenvalue weighted by Gasteiger charge is 2.20. The van der Waals surface area contributed by atoms with E-state index in [-0.39, 0.29) is 5.91 Å². The number of likely N-dealkylation sites (tertiary alicyclic amines) is 1. The number of anilines is 1. The van der Waals surface area contributed by atoms with E-state index in [0.717, 1.165) is 71.6 Å². The van der Waals surface area contributed by atoms with Gasteiger partial charge in [-0.1, -0.05) is 12.1 Å². The Labute approximate surface area is 159 Å². The summed E-state index contributed by atoms with van der Waals surface area (Å²) in [4.78, 5) is 14.5. The molecule has 1 amide bonds. The Hall–Kier alpha value is -2.95. The minimum atomic E-state index is 0.118. The summed E-state index contributed by atoms with van der Waals surface area (Å²) in [5, 5.41) is 0.989. The number of aromatic nitrogens is 1. The van der Waals surface area contributed by atoms with Crippen molar-refractivity contribution in [2.45, 2.75) is 26.3 Å². The summed E-state index contributed by atoms with van der Waals surface area (Å²) >= 11 is 0. The van der Waals surface area contributed by atoms with Crippen LogP contribution in [-0.4, -0.2) is 35.6 Å². The molecule has 1 saturated heterocycles. The number of benzene rings is 2. The van der Waals surface area contributed by atoms with Crippen molar-refractivity contribution in [2.24, 2.45) is 0 Å². The van der Waals surface area contributed by atoms with Gasteiger partial charge in [0.15, 0.2) is 0 Å². The SMILES string of the molecule is CCn1c(-c2ccc(C(=O)N3CCCC3)cc2)c(N)c2cc(OC)ccc21. The van der Waals surface area contributed by atoms with Gasteiger partial charge in [-0.25, -0.2) is 0 Å². The molecule has 1 aliphatic heterocycles. The number of rotatable bonds is 4. The maximum absolute atomic E-state index is 12.6. The highest BCUT2D eigenvalue weighted by atomic mass is 16.5. The third-order valence-corrected chi connectivity index (χ3v) is 5.42. The van der Waals surface area contributed by atoms with Crippen LogP contribution in [0.3, 0.4) is 0 Å². The Morgan fingerprint density at radius 3 is 2.44 bits per heavy atom. The van der Waals surface area contributed by atoms with Gasteiger partial charge in [0, 0.05) is 36.1 Å². The van der Waals surface area contributed by atoms with Crippen molar-refractivity contribution in [3.8, 4) is 17.0 Å². The number of ether oxygens (including phenoxy) is 1.